The average molecular weight is 224 g/mol. The summed E-state index contributed by atoms with van der Waals surface area (Å²) < 4.78 is 0. The Balaban J connectivity index is 2.64. The van der Waals surface area contributed by atoms with Crippen LogP contribution >= 0.6 is 11.3 Å². The number of nitrogens with zero attached hydrogens (tertiary/aromatic N) is 1. The minimum absolute atomic E-state index is 0.0956. The number of amides is 1. The van der Waals surface area contributed by atoms with E-state index in [1.807, 2.05) is 0 Å². The molecule has 0 spiro atoms. The molecule has 0 unspecified atom stereocenters. The Labute approximate surface area is 90.1 Å². The summed E-state index contributed by atoms with van der Waals surface area (Å²) in [7, 11) is 0. The van der Waals surface area contributed by atoms with Gasteiger partial charge in [0.15, 0.2) is 0 Å². The van der Waals surface area contributed by atoms with Crippen LogP contribution in [0.2, 0.25) is 0 Å². The van der Waals surface area contributed by atoms with Gasteiger partial charge in [0.1, 0.15) is 5.69 Å². The lowest BCUT2D eigenvalue weighted by Crippen LogP contribution is -2.24. The zero-order valence-corrected chi connectivity index (χ0v) is 8.72. The minimum atomic E-state index is -1.13. The standard InChI is InChI=1S/C9H8N2O3S/c1-2-3-4-10-7(12)6-5-15-8(11-6)9(13)14/h5H,4H2,1H3,(H,10,12)(H,13,14). The van der Waals surface area contributed by atoms with Crippen LogP contribution in [-0.4, -0.2) is 28.5 Å². The van der Waals surface area contributed by atoms with Crippen LogP contribution in [0, 0.1) is 11.8 Å². The number of rotatable bonds is 3. The third kappa shape index (κ3) is 3.07. The fourth-order valence-corrected chi connectivity index (χ4v) is 1.41. The number of nitrogens with one attached hydrogen (secondary N) is 1. The normalized spacial score (nSPS) is 8.87. The van der Waals surface area contributed by atoms with E-state index in [9.17, 15) is 9.59 Å². The number of aromatic carboxylic acids is 1. The lowest BCUT2D eigenvalue weighted by molar-refractivity contribution is 0.0696. The predicted molar refractivity (Wildman–Crippen MR) is 54.9 cm³/mol. The van der Waals surface area contributed by atoms with Crippen molar-refractivity contribution in [1.29, 1.82) is 0 Å². The molecule has 0 radical (unpaired) electrons. The highest BCUT2D eigenvalue weighted by molar-refractivity contribution is 7.11. The summed E-state index contributed by atoms with van der Waals surface area (Å²) in [4.78, 5) is 25.5. The molecule has 2 N–H and O–H groups in total. The van der Waals surface area contributed by atoms with Crippen LogP contribution in [-0.2, 0) is 0 Å². The van der Waals surface area contributed by atoms with E-state index in [4.69, 9.17) is 5.11 Å². The zero-order valence-electron chi connectivity index (χ0n) is 7.90. The van der Waals surface area contributed by atoms with Crippen molar-refractivity contribution >= 4 is 23.2 Å². The highest BCUT2D eigenvalue weighted by Crippen LogP contribution is 2.09. The summed E-state index contributed by atoms with van der Waals surface area (Å²) in [6.45, 7) is 1.90. The number of carbonyl (C=O) groups is 2. The van der Waals surface area contributed by atoms with E-state index in [2.05, 4.69) is 22.1 Å². The van der Waals surface area contributed by atoms with Gasteiger partial charge in [-0.2, -0.15) is 0 Å². The molecule has 1 rings (SSSR count). The van der Waals surface area contributed by atoms with E-state index < -0.39 is 11.9 Å². The van der Waals surface area contributed by atoms with Crippen molar-refractivity contribution in [2.24, 2.45) is 0 Å². The maximum absolute atomic E-state index is 11.3. The number of hydrogen-bond acceptors (Lipinski definition) is 4. The first-order chi connectivity index (χ1) is 7.15. The summed E-state index contributed by atoms with van der Waals surface area (Å²) in [6.07, 6.45) is 0. The second kappa shape index (κ2) is 5.12. The van der Waals surface area contributed by atoms with Gasteiger partial charge in [-0.1, -0.05) is 5.92 Å². The van der Waals surface area contributed by atoms with Gasteiger partial charge in [-0.15, -0.1) is 17.3 Å². The molecule has 0 saturated heterocycles. The Morgan fingerprint density at radius 3 is 2.93 bits per heavy atom. The molecule has 0 saturated carbocycles. The third-order valence-electron chi connectivity index (χ3n) is 1.43. The van der Waals surface area contributed by atoms with Gasteiger partial charge in [0.2, 0.25) is 5.01 Å². The fraction of sp³-hybridized carbons (Fsp3) is 0.222. The first-order valence-electron chi connectivity index (χ1n) is 4.01. The lowest BCUT2D eigenvalue weighted by Gasteiger charge is -1.95. The van der Waals surface area contributed by atoms with Crippen molar-refractivity contribution in [2.45, 2.75) is 6.92 Å². The molecule has 0 aromatic carbocycles. The van der Waals surface area contributed by atoms with Gasteiger partial charge < -0.3 is 10.4 Å². The number of thiazole rings is 1. The molecular formula is C9H8N2O3S. The SMILES string of the molecule is CC#CCNC(=O)c1csc(C(=O)O)n1. The minimum Gasteiger partial charge on any atom is -0.476 e. The molecular weight excluding hydrogens is 216 g/mol. The van der Waals surface area contributed by atoms with Crippen molar-refractivity contribution in [1.82, 2.24) is 10.3 Å². The molecule has 1 aromatic heterocycles. The number of carboxylic acid groups (broad SMARTS) is 1. The quantitative estimate of drug-likeness (QED) is 0.737. The van der Waals surface area contributed by atoms with E-state index >= 15 is 0 Å². The van der Waals surface area contributed by atoms with Crippen molar-refractivity contribution in [3.8, 4) is 11.8 Å². The van der Waals surface area contributed by atoms with Crippen LogP contribution in [0.5, 0.6) is 0 Å². The first kappa shape index (κ1) is 11.2. The molecule has 0 fully saturated rings. The molecule has 15 heavy (non-hydrogen) atoms. The molecule has 1 amide bonds. The Bertz CT molecular complexity index is 442. The van der Waals surface area contributed by atoms with Crippen LogP contribution < -0.4 is 5.32 Å². The molecule has 5 nitrogen and oxygen atoms in total. The van der Waals surface area contributed by atoms with Gasteiger partial charge in [-0.25, -0.2) is 9.78 Å². The Hall–Kier alpha value is -1.87. The summed E-state index contributed by atoms with van der Waals surface area (Å²) in [5.74, 6) is 3.73. The second-order valence-electron chi connectivity index (χ2n) is 2.45. The van der Waals surface area contributed by atoms with Crippen molar-refractivity contribution in [3.05, 3.63) is 16.1 Å². The molecule has 1 aromatic rings. The highest BCUT2D eigenvalue weighted by atomic mass is 32.1. The summed E-state index contributed by atoms with van der Waals surface area (Å²) in [5, 5.41) is 12.4. The Morgan fingerprint density at radius 1 is 1.67 bits per heavy atom. The fourth-order valence-electron chi connectivity index (χ4n) is 0.780. The lowest BCUT2D eigenvalue weighted by atomic mass is 10.4. The molecule has 78 valence electrons. The molecule has 0 aliphatic rings. The zero-order chi connectivity index (χ0) is 11.3. The van der Waals surface area contributed by atoms with Gasteiger partial charge in [0, 0.05) is 5.38 Å². The van der Waals surface area contributed by atoms with Crippen molar-refractivity contribution < 1.29 is 14.7 Å². The van der Waals surface area contributed by atoms with Crippen LogP contribution in [0.4, 0.5) is 0 Å². The smallest absolute Gasteiger partial charge is 0.365 e. The van der Waals surface area contributed by atoms with E-state index in [-0.39, 0.29) is 17.2 Å². The van der Waals surface area contributed by atoms with E-state index in [0.717, 1.165) is 11.3 Å². The number of carboxylic acids is 1. The molecule has 0 bridgehead atoms. The summed E-state index contributed by atoms with van der Waals surface area (Å²) >= 11 is 0.918. The van der Waals surface area contributed by atoms with Gasteiger partial charge >= 0.3 is 5.97 Å². The Kier molecular flexibility index (Phi) is 3.83. The molecule has 1 heterocycles. The average Bonchev–Trinajstić information content (AvgIpc) is 2.66. The first-order valence-corrected chi connectivity index (χ1v) is 4.89. The van der Waals surface area contributed by atoms with Gasteiger partial charge in [-0.3, -0.25) is 4.79 Å². The van der Waals surface area contributed by atoms with Gasteiger partial charge in [-0.05, 0) is 6.92 Å². The topological polar surface area (TPSA) is 79.3 Å². The largest absolute Gasteiger partial charge is 0.476 e. The van der Waals surface area contributed by atoms with E-state index in [1.54, 1.807) is 6.92 Å². The number of aromatic nitrogens is 1. The number of hydrogen-bond donors (Lipinski definition) is 2. The van der Waals surface area contributed by atoms with E-state index in [1.165, 1.54) is 5.38 Å². The van der Waals surface area contributed by atoms with Crippen molar-refractivity contribution in [3.63, 3.8) is 0 Å². The Morgan fingerprint density at radius 2 is 2.40 bits per heavy atom. The predicted octanol–water partition coefficient (Wildman–Crippen LogP) is 0.594. The number of carbonyl (C=O) groups excluding carboxylic acids is 1. The maximum atomic E-state index is 11.3. The maximum Gasteiger partial charge on any atom is 0.365 e. The molecule has 0 aliphatic heterocycles. The summed E-state index contributed by atoms with van der Waals surface area (Å²) in [6, 6.07) is 0. The monoisotopic (exact) mass is 224 g/mol. The molecule has 0 aliphatic carbocycles. The molecule has 6 heteroatoms. The summed E-state index contributed by atoms with van der Waals surface area (Å²) in [5.41, 5.74) is 0.107. The highest BCUT2D eigenvalue weighted by Gasteiger charge is 2.13. The van der Waals surface area contributed by atoms with Crippen molar-refractivity contribution in [2.75, 3.05) is 6.54 Å². The second-order valence-corrected chi connectivity index (χ2v) is 3.31. The van der Waals surface area contributed by atoms with Crippen LogP contribution in [0.25, 0.3) is 0 Å². The van der Waals surface area contributed by atoms with Gasteiger partial charge in [0.05, 0.1) is 6.54 Å². The molecule has 0 atom stereocenters. The third-order valence-corrected chi connectivity index (χ3v) is 2.26. The van der Waals surface area contributed by atoms with Crippen LogP contribution in [0.15, 0.2) is 5.38 Å². The van der Waals surface area contributed by atoms with Gasteiger partial charge in [0.25, 0.3) is 5.91 Å². The van der Waals surface area contributed by atoms with Crippen LogP contribution in [0.3, 0.4) is 0 Å². The van der Waals surface area contributed by atoms with Crippen LogP contribution in [0.1, 0.15) is 27.2 Å². The van der Waals surface area contributed by atoms with E-state index in [0.29, 0.717) is 0 Å².